The maximum Gasteiger partial charge on any atom is 0.420 e. The Kier molecular flexibility index (Phi) is 3.87. The number of aromatic nitrogens is 1. The monoisotopic (exact) mass is 340 g/mol. The Labute approximate surface area is 143 Å². The van der Waals surface area contributed by atoms with E-state index >= 15 is 0 Å². The van der Waals surface area contributed by atoms with Crippen LogP contribution < -0.4 is 5.76 Å². The first-order valence-electron chi connectivity index (χ1n) is 8.28. The average Bonchev–Trinajstić information content (AvgIpc) is 2.97. The molecule has 1 fully saturated rings. The minimum Gasteiger partial charge on any atom is -0.408 e. The molecule has 6 heteroatoms. The van der Waals surface area contributed by atoms with E-state index in [2.05, 4.69) is 0 Å². The van der Waals surface area contributed by atoms with E-state index in [0.717, 1.165) is 0 Å². The molecule has 0 N–H and O–H groups in total. The molecule has 5 nitrogen and oxygen atoms in total. The van der Waals surface area contributed by atoms with E-state index in [1.54, 1.807) is 17.0 Å². The maximum atomic E-state index is 13.5. The van der Waals surface area contributed by atoms with Crippen LogP contribution in [0.3, 0.4) is 0 Å². The quantitative estimate of drug-likeness (QED) is 0.720. The fourth-order valence-corrected chi connectivity index (χ4v) is 3.44. The standard InChI is InChI=1S/C19H17FN2O3/c20-14-6-7-17-16(12-14)22(19(24)25-17)15-8-10-21(11-9-15)18(23)13-4-2-1-3-5-13/h1-7,12,15H,8-11H2. The summed E-state index contributed by atoms with van der Waals surface area (Å²) < 4.78 is 20.3. The van der Waals surface area contributed by atoms with E-state index in [1.807, 2.05) is 18.2 Å². The van der Waals surface area contributed by atoms with E-state index in [0.29, 0.717) is 42.6 Å². The Hall–Kier alpha value is -2.89. The van der Waals surface area contributed by atoms with Crippen LogP contribution in [-0.2, 0) is 0 Å². The Bertz CT molecular complexity index is 969. The van der Waals surface area contributed by atoms with Crippen molar-refractivity contribution in [1.29, 1.82) is 0 Å². The molecule has 0 unspecified atom stereocenters. The lowest BCUT2D eigenvalue weighted by atomic mass is 10.0. The number of amides is 1. The molecule has 0 bridgehead atoms. The highest BCUT2D eigenvalue weighted by molar-refractivity contribution is 5.94. The van der Waals surface area contributed by atoms with Crippen LogP contribution in [0.2, 0.25) is 0 Å². The molecule has 128 valence electrons. The molecule has 1 amide bonds. The van der Waals surface area contributed by atoms with Crippen molar-refractivity contribution >= 4 is 17.0 Å². The Morgan fingerprint density at radius 2 is 1.80 bits per heavy atom. The summed E-state index contributed by atoms with van der Waals surface area (Å²) in [5, 5.41) is 0. The Morgan fingerprint density at radius 3 is 2.52 bits per heavy atom. The molecule has 1 saturated heterocycles. The van der Waals surface area contributed by atoms with Crippen LogP contribution in [0.1, 0.15) is 29.2 Å². The van der Waals surface area contributed by atoms with Gasteiger partial charge >= 0.3 is 5.76 Å². The minimum atomic E-state index is -0.478. The van der Waals surface area contributed by atoms with Crippen molar-refractivity contribution in [3.05, 3.63) is 70.5 Å². The number of piperidine rings is 1. The zero-order valence-electron chi connectivity index (χ0n) is 13.5. The second-order valence-corrected chi connectivity index (χ2v) is 6.24. The molecule has 1 aliphatic rings. The van der Waals surface area contributed by atoms with Crippen molar-refractivity contribution in [1.82, 2.24) is 9.47 Å². The number of carbonyl (C=O) groups is 1. The van der Waals surface area contributed by atoms with Gasteiger partial charge in [-0.2, -0.15) is 0 Å². The highest BCUT2D eigenvalue weighted by atomic mass is 19.1. The summed E-state index contributed by atoms with van der Waals surface area (Å²) in [6, 6.07) is 13.1. The largest absolute Gasteiger partial charge is 0.420 e. The van der Waals surface area contributed by atoms with Gasteiger partial charge in [0, 0.05) is 30.8 Å². The molecule has 4 rings (SSSR count). The Morgan fingerprint density at radius 1 is 1.08 bits per heavy atom. The zero-order chi connectivity index (χ0) is 17.4. The predicted octanol–water partition coefficient (Wildman–Crippen LogP) is 3.21. The van der Waals surface area contributed by atoms with Gasteiger partial charge in [-0.05, 0) is 37.1 Å². The van der Waals surface area contributed by atoms with Gasteiger partial charge in [-0.25, -0.2) is 9.18 Å². The summed E-state index contributed by atoms with van der Waals surface area (Å²) in [6.07, 6.45) is 1.26. The van der Waals surface area contributed by atoms with Gasteiger partial charge in [0.25, 0.3) is 5.91 Å². The summed E-state index contributed by atoms with van der Waals surface area (Å²) in [5.74, 6) is -0.887. The summed E-state index contributed by atoms with van der Waals surface area (Å²) in [7, 11) is 0. The summed E-state index contributed by atoms with van der Waals surface area (Å²) in [5.41, 5.74) is 1.51. The third-order valence-electron chi connectivity index (χ3n) is 4.71. The van der Waals surface area contributed by atoms with Crippen LogP contribution in [0.4, 0.5) is 4.39 Å². The fraction of sp³-hybridized carbons (Fsp3) is 0.263. The van der Waals surface area contributed by atoms with E-state index in [4.69, 9.17) is 4.42 Å². The van der Waals surface area contributed by atoms with Gasteiger partial charge in [0.1, 0.15) is 5.82 Å². The van der Waals surface area contributed by atoms with Gasteiger partial charge in [0.15, 0.2) is 5.58 Å². The average molecular weight is 340 g/mol. The maximum absolute atomic E-state index is 13.5. The number of halogens is 1. The molecule has 0 aliphatic carbocycles. The molecule has 1 aliphatic heterocycles. The molecule has 0 spiro atoms. The number of hydrogen-bond donors (Lipinski definition) is 0. The van der Waals surface area contributed by atoms with Gasteiger partial charge in [-0.3, -0.25) is 9.36 Å². The van der Waals surface area contributed by atoms with Crippen LogP contribution in [0.5, 0.6) is 0 Å². The predicted molar refractivity (Wildman–Crippen MR) is 91.0 cm³/mol. The smallest absolute Gasteiger partial charge is 0.408 e. The van der Waals surface area contributed by atoms with Crippen molar-refractivity contribution in [2.75, 3.05) is 13.1 Å². The molecular weight excluding hydrogens is 323 g/mol. The fourth-order valence-electron chi connectivity index (χ4n) is 3.44. The van der Waals surface area contributed by atoms with Crippen LogP contribution in [0.15, 0.2) is 57.7 Å². The van der Waals surface area contributed by atoms with E-state index in [9.17, 15) is 14.0 Å². The number of hydrogen-bond acceptors (Lipinski definition) is 3. The van der Waals surface area contributed by atoms with Crippen LogP contribution in [-0.4, -0.2) is 28.5 Å². The lowest BCUT2D eigenvalue weighted by Gasteiger charge is -2.32. The second kappa shape index (κ2) is 6.20. The minimum absolute atomic E-state index is 0.00510. The molecule has 0 saturated carbocycles. The van der Waals surface area contributed by atoms with E-state index in [-0.39, 0.29) is 11.9 Å². The van der Waals surface area contributed by atoms with Crippen molar-refractivity contribution in [2.45, 2.75) is 18.9 Å². The first-order chi connectivity index (χ1) is 12.1. The lowest BCUT2D eigenvalue weighted by Crippen LogP contribution is -2.40. The van der Waals surface area contributed by atoms with E-state index in [1.165, 1.54) is 22.8 Å². The van der Waals surface area contributed by atoms with Crippen LogP contribution in [0.25, 0.3) is 11.1 Å². The molecule has 0 atom stereocenters. The number of fused-ring (bicyclic) bond motifs is 1. The summed E-state index contributed by atoms with van der Waals surface area (Å²) in [4.78, 5) is 26.5. The van der Waals surface area contributed by atoms with Gasteiger partial charge in [-0.15, -0.1) is 0 Å². The number of nitrogens with zero attached hydrogens (tertiary/aromatic N) is 2. The second-order valence-electron chi connectivity index (χ2n) is 6.24. The third kappa shape index (κ3) is 2.84. The number of likely N-dealkylation sites (tertiary alicyclic amines) is 1. The Balaban J connectivity index is 1.55. The lowest BCUT2D eigenvalue weighted by molar-refractivity contribution is 0.0694. The first-order valence-corrected chi connectivity index (χ1v) is 8.28. The van der Waals surface area contributed by atoms with Gasteiger partial charge < -0.3 is 9.32 Å². The molecule has 3 aromatic rings. The van der Waals surface area contributed by atoms with Crippen molar-refractivity contribution in [2.24, 2.45) is 0 Å². The van der Waals surface area contributed by atoms with Crippen LogP contribution in [0, 0.1) is 5.82 Å². The topological polar surface area (TPSA) is 55.5 Å². The molecular formula is C19H17FN2O3. The van der Waals surface area contributed by atoms with Gasteiger partial charge in [0.2, 0.25) is 0 Å². The summed E-state index contributed by atoms with van der Waals surface area (Å²) in [6.45, 7) is 1.10. The SMILES string of the molecule is O=C(c1ccccc1)N1CCC(n2c(=O)oc3ccc(F)cc32)CC1. The molecule has 1 aromatic heterocycles. The number of oxazole rings is 1. The van der Waals surface area contributed by atoms with Crippen LogP contribution >= 0.6 is 0 Å². The molecule has 25 heavy (non-hydrogen) atoms. The number of rotatable bonds is 2. The summed E-state index contributed by atoms with van der Waals surface area (Å²) >= 11 is 0. The van der Waals surface area contributed by atoms with Crippen molar-refractivity contribution < 1.29 is 13.6 Å². The van der Waals surface area contributed by atoms with Gasteiger partial charge in [-0.1, -0.05) is 18.2 Å². The molecule has 2 heterocycles. The third-order valence-corrected chi connectivity index (χ3v) is 4.71. The first kappa shape index (κ1) is 15.6. The number of benzene rings is 2. The van der Waals surface area contributed by atoms with Crippen molar-refractivity contribution in [3.63, 3.8) is 0 Å². The van der Waals surface area contributed by atoms with E-state index < -0.39 is 11.6 Å². The van der Waals surface area contributed by atoms with Crippen molar-refractivity contribution in [3.8, 4) is 0 Å². The zero-order valence-corrected chi connectivity index (χ0v) is 13.5. The molecule has 2 aromatic carbocycles. The highest BCUT2D eigenvalue weighted by Gasteiger charge is 2.27. The number of carbonyl (C=O) groups excluding carboxylic acids is 1. The normalized spacial score (nSPS) is 15.6. The van der Waals surface area contributed by atoms with Gasteiger partial charge in [0.05, 0.1) is 5.52 Å². The molecule has 0 radical (unpaired) electrons. The highest BCUT2D eigenvalue weighted by Crippen LogP contribution is 2.26.